The number of benzene rings is 2. The normalized spacial score (nSPS) is 10.7. The second-order valence-electron chi connectivity index (χ2n) is 3.77. The number of halogens is 1. The van der Waals surface area contributed by atoms with E-state index in [9.17, 15) is 14.3 Å². The zero-order chi connectivity index (χ0) is 13.0. The molecule has 1 N–H and O–H groups in total. The first-order valence-electron chi connectivity index (χ1n) is 5.43. The average molecular weight is 242 g/mol. The molecule has 2 aromatic carbocycles. The number of carbonyl (C=O) groups is 1. The lowest BCUT2D eigenvalue weighted by molar-refractivity contribution is 0.104. The van der Waals surface area contributed by atoms with Gasteiger partial charge in [0, 0.05) is 0 Å². The van der Waals surface area contributed by atoms with Crippen LogP contribution in [0.1, 0.15) is 15.9 Å². The van der Waals surface area contributed by atoms with Gasteiger partial charge in [0.25, 0.3) is 0 Å². The van der Waals surface area contributed by atoms with E-state index >= 15 is 0 Å². The van der Waals surface area contributed by atoms with Crippen LogP contribution in [0.25, 0.3) is 6.08 Å². The van der Waals surface area contributed by atoms with Gasteiger partial charge in [-0.15, -0.1) is 0 Å². The average Bonchev–Trinajstić information content (AvgIpc) is 2.37. The zero-order valence-corrected chi connectivity index (χ0v) is 9.51. The number of hydrogen-bond acceptors (Lipinski definition) is 2. The number of carbonyl (C=O) groups excluding carboxylic acids is 1. The van der Waals surface area contributed by atoms with Crippen molar-refractivity contribution in [1.29, 1.82) is 0 Å². The lowest BCUT2D eigenvalue weighted by Crippen LogP contribution is -1.97. The summed E-state index contributed by atoms with van der Waals surface area (Å²) in [4.78, 5) is 11.7. The largest absolute Gasteiger partial charge is 0.508 e. The highest BCUT2D eigenvalue weighted by Crippen LogP contribution is 2.13. The predicted molar refractivity (Wildman–Crippen MR) is 67.9 cm³/mol. The van der Waals surface area contributed by atoms with E-state index in [0.29, 0.717) is 5.56 Å². The molecule has 0 aliphatic heterocycles. The first kappa shape index (κ1) is 12.0. The van der Waals surface area contributed by atoms with Gasteiger partial charge < -0.3 is 5.11 Å². The molecule has 0 spiro atoms. The Labute approximate surface area is 104 Å². The highest BCUT2D eigenvalue weighted by Gasteiger charge is 2.06. The molecule has 0 amide bonds. The summed E-state index contributed by atoms with van der Waals surface area (Å²) in [5.41, 5.74) is 0.716. The molecule has 0 aliphatic rings. The number of hydrogen-bond donors (Lipinski definition) is 1. The van der Waals surface area contributed by atoms with E-state index < -0.39 is 11.6 Å². The lowest BCUT2D eigenvalue weighted by Gasteiger charge is -1.98. The van der Waals surface area contributed by atoms with Gasteiger partial charge in [0.05, 0.1) is 5.56 Å². The third-order valence-electron chi connectivity index (χ3n) is 2.44. The van der Waals surface area contributed by atoms with Crippen LogP contribution in [0, 0.1) is 5.82 Å². The molecule has 0 saturated heterocycles. The van der Waals surface area contributed by atoms with E-state index in [2.05, 4.69) is 0 Å². The van der Waals surface area contributed by atoms with Gasteiger partial charge in [-0.25, -0.2) is 4.39 Å². The quantitative estimate of drug-likeness (QED) is 0.661. The number of allylic oxidation sites excluding steroid dienone is 1. The van der Waals surface area contributed by atoms with E-state index in [4.69, 9.17) is 0 Å². The maximum Gasteiger partial charge on any atom is 0.188 e. The fraction of sp³-hybridized carbons (Fsp3) is 0. The Balaban J connectivity index is 2.20. The lowest BCUT2D eigenvalue weighted by atomic mass is 10.1. The Morgan fingerprint density at radius 2 is 1.89 bits per heavy atom. The molecule has 2 rings (SSSR count). The van der Waals surface area contributed by atoms with E-state index in [1.165, 1.54) is 42.5 Å². The van der Waals surface area contributed by atoms with Crippen molar-refractivity contribution in [3.63, 3.8) is 0 Å². The summed E-state index contributed by atoms with van der Waals surface area (Å²) < 4.78 is 13.3. The molecule has 0 heterocycles. The number of ketones is 1. The second kappa shape index (κ2) is 5.27. The second-order valence-corrected chi connectivity index (χ2v) is 3.77. The van der Waals surface area contributed by atoms with Crippen molar-refractivity contribution in [3.05, 3.63) is 71.6 Å². The van der Waals surface area contributed by atoms with Crippen molar-refractivity contribution < 1.29 is 14.3 Å². The molecule has 3 heteroatoms. The van der Waals surface area contributed by atoms with Crippen molar-refractivity contribution in [2.75, 3.05) is 0 Å². The molecule has 0 bridgehead atoms. The van der Waals surface area contributed by atoms with Crippen molar-refractivity contribution in [2.24, 2.45) is 0 Å². The maximum absolute atomic E-state index is 13.3. The standard InChI is InChI=1S/C15H11FO2/c16-14-7-2-1-6-13(14)15(18)9-8-11-4-3-5-12(17)10-11/h1-10,17H/b9-8+. The Morgan fingerprint density at radius 3 is 2.61 bits per heavy atom. The summed E-state index contributed by atoms with van der Waals surface area (Å²) in [6, 6.07) is 12.3. The molecule has 0 atom stereocenters. The molecule has 0 fully saturated rings. The van der Waals surface area contributed by atoms with Crippen molar-refractivity contribution in [3.8, 4) is 5.75 Å². The van der Waals surface area contributed by atoms with E-state index in [0.717, 1.165) is 0 Å². The summed E-state index contributed by atoms with van der Waals surface area (Å²) in [6.07, 6.45) is 2.82. The van der Waals surface area contributed by atoms with Gasteiger partial charge >= 0.3 is 0 Å². The fourth-order valence-electron chi connectivity index (χ4n) is 1.55. The minimum absolute atomic E-state index is 0.0360. The van der Waals surface area contributed by atoms with Crippen LogP contribution in [0.15, 0.2) is 54.6 Å². The van der Waals surface area contributed by atoms with Crippen LogP contribution in [-0.2, 0) is 0 Å². The zero-order valence-electron chi connectivity index (χ0n) is 9.51. The first-order valence-corrected chi connectivity index (χ1v) is 5.43. The van der Waals surface area contributed by atoms with E-state index in [1.54, 1.807) is 18.2 Å². The Bertz CT molecular complexity index is 603. The van der Waals surface area contributed by atoms with Gasteiger partial charge in [-0.1, -0.05) is 30.3 Å². The van der Waals surface area contributed by atoms with Crippen molar-refractivity contribution in [2.45, 2.75) is 0 Å². The van der Waals surface area contributed by atoms with Gasteiger partial charge in [0.1, 0.15) is 11.6 Å². The summed E-state index contributed by atoms with van der Waals surface area (Å²) in [7, 11) is 0. The van der Waals surface area contributed by atoms with Crippen LogP contribution in [0.4, 0.5) is 4.39 Å². The number of aromatic hydroxyl groups is 1. The van der Waals surface area contributed by atoms with Gasteiger partial charge in [0.2, 0.25) is 0 Å². The smallest absolute Gasteiger partial charge is 0.188 e. The van der Waals surface area contributed by atoms with Crippen LogP contribution < -0.4 is 0 Å². The van der Waals surface area contributed by atoms with Crippen LogP contribution in [0.2, 0.25) is 0 Å². The summed E-state index contributed by atoms with van der Waals surface area (Å²) >= 11 is 0. The van der Waals surface area contributed by atoms with E-state index in [-0.39, 0.29) is 11.3 Å². The van der Waals surface area contributed by atoms with E-state index in [1.807, 2.05) is 0 Å². The molecule has 0 saturated carbocycles. The molecule has 2 aromatic rings. The first-order chi connectivity index (χ1) is 8.66. The molecular formula is C15H11FO2. The number of phenols is 1. The fourth-order valence-corrected chi connectivity index (χ4v) is 1.55. The Hall–Kier alpha value is -2.42. The third-order valence-corrected chi connectivity index (χ3v) is 2.44. The number of rotatable bonds is 3. The molecule has 2 nitrogen and oxygen atoms in total. The molecule has 0 unspecified atom stereocenters. The summed E-state index contributed by atoms with van der Waals surface area (Å²) in [5, 5.41) is 9.26. The van der Waals surface area contributed by atoms with Gasteiger partial charge in [-0.2, -0.15) is 0 Å². The van der Waals surface area contributed by atoms with Gasteiger partial charge in [0.15, 0.2) is 5.78 Å². The van der Waals surface area contributed by atoms with Crippen LogP contribution in [0.5, 0.6) is 5.75 Å². The Kier molecular flexibility index (Phi) is 3.53. The molecular weight excluding hydrogens is 231 g/mol. The Morgan fingerprint density at radius 1 is 1.11 bits per heavy atom. The minimum atomic E-state index is -0.539. The van der Waals surface area contributed by atoms with Gasteiger partial charge in [-0.3, -0.25) is 4.79 Å². The van der Waals surface area contributed by atoms with Crippen LogP contribution in [0.3, 0.4) is 0 Å². The third kappa shape index (κ3) is 2.83. The highest BCUT2D eigenvalue weighted by molar-refractivity contribution is 6.06. The van der Waals surface area contributed by atoms with Crippen LogP contribution in [-0.4, -0.2) is 10.9 Å². The molecule has 0 aliphatic carbocycles. The van der Waals surface area contributed by atoms with Crippen molar-refractivity contribution in [1.82, 2.24) is 0 Å². The predicted octanol–water partition coefficient (Wildman–Crippen LogP) is 3.43. The highest BCUT2D eigenvalue weighted by atomic mass is 19.1. The maximum atomic E-state index is 13.3. The topological polar surface area (TPSA) is 37.3 Å². The molecule has 0 aromatic heterocycles. The van der Waals surface area contributed by atoms with Crippen LogP contribution >= 0.6 is 0 Å². The minimum Gasteiger partial charge on any atom is -0.508 e. The molecule has 90 valence electrons. The monoisotopic (exact) mass is 242 g/mol. The molecule has 18 heavy (non-hydrogen) atoms. The SMILES string of the molecule is O=C(/C=C/c1cccc(O)c1)c1ccccc1F. The van der Waals surface area contributed by atoms with Gasteiger partial charge in [-0.05, 0) is 35.9 Å². The number of phenolic OH excluding ortho intramolecular Hbond substituents is 1. The summed E-state index contributed by atoms with van der Waals surface area (Å²) in [5.74, 6) is -0.824. The van der Waals surface area contributed by atoms with Crippen molar-refractivity contribution >= 4 is 11.9 Å². The summed E-state index contributed by atoms with van der Waals surface area (Å²) in [6.45, 7) is 0. The molecule has 0 radical (unpaired) electrons.